The summed E-state index contributed by atoms with van der Waals surface area (Å²) in [4.78, 5) is 35.2. The molecule has 0 radical (unpaired) electrons. The first-order valence-electron chi connectivity index (χ1n) is 5.50. The van der Waals surface area contributed by atoms with Gasteiger partial charge in [0.2, 0.25) is 0 Å². The Morgan fingerprint density at radius 2 is 1.83 bits per heavy atom. The number of rotatable bonds is 5. The SMILES string of the molecule is COC(=O)CN(C(=O)NC(C)(C)C(=O)O)C(C)C. The largest absolute Gasteiger partial charge is 0.480 e. The molecule has 104 valence electrons. The molecule has 7 nitrogen and oxygen atoms in total. The number of hydrogen-bond acceptors (Lipinski definition) is 4. The van der Waals surface area contributed by atoms with Crippen molar-refractivity contribution in [3.63, 3.8) is 0 Å². The molecule has 2 amide bonds. The summed E-state index contributed by atoms with van der Waals surface area (Å²) in [5, 5.41) is 11.3. The van der Waals surface area contributed by atoms with Crippen LogP contribution in [-0.2, 0) is 14.3 Å². The third kappa shape index (κ3) is 4.60. The van der Waals surface area contributed by atoms with Crippen LogP contribution in [0.25, 0.3) is 0 Å². The zero-order chi connectivity index (χ0) is 14.5. The number of methoxy groups -OCH3 is 1. The van der Waals surface area contributed by atoms with Crippen molar-refractivity contribution in [2.45, 2.75) is 39.3 Å². The summed E-state index contributed by atoms with van der Waals surface area (Å²) >= 11 is 0. The van der Waals surface area contributed by atoms with Crippen molar-refractivity contribution in [3.8, 4) is 0 Å². The van der Waals surface area contributed by atoms with Crippen LogP contribution in [0, 0.1) is 0 Å². The number of ether oxygens (including phenoxy) is 1. The molecule has 2 N–H and O–H groups in total. The second kappa shape index (κ2) is 6.23. The zero-order valence-electron chi connectivity index (χ0n) is 11.3. The lowest BCUT2D eigenvalue weighted by Crippen LogP contribution is -2.56. The van der Waals surface area contributed by atoms with Crippen LogP contribution in [0.15, 0.2) is 0 Å². The van der Waals surface area contributed by atoms with Crippen molar-refractivity contribution in [1.29, 1.82) is 0 Å². The molecule has 0 heterocycles. The minimum atomic E-state index is -1.40. The Hall–Kier alpha value is -1.79. The van der Waals surface area contributed by atoms with E-state index in [0.717, 1.165) is 0 Å². The molecule has 0 aliphatic heterocycles. The van der Waals surface area contributed by atoms with Gasteiger partial charge in [0.1, 0.15) is 12.1 Å². The number of amides is 2. The first kappa shape index (κ1) is 16.2. The van der Waals surface area contributed by atoms with Crippen LogP contribution in [0.1, 0.15) is 27.7 Å². The Morgan fingerprint density at radius 1 is 1.33 bits per heavy atom. The highest BCUT2D eigenvalue weighted by Gasteiger charge is 2.32. The Morgan fingerprint density at radius 3 is 2.17 bits per heavy atom. The lowest BCUT2D eigenvalue weighted by atomic mass is 10.1. The van der Waals surface area contributed by atoms with Gasteiger partial charge in [-0.05, 0) is 27.7 Å². The molecule has 18 heavy (non-hydrogen) atoms. The van der Waals surface area contributed by atoms with Crippen LogP contribution in [0.4, 0.5) is 4.79 Å². The van der Waals surface area contributed by atoms with Gasteiger partial charge in [0.05, 0.1) is 7.11 Å². The maximum absolute atomic E-state index is 11.9. The third-order valence-electron chi connectivity index (χ3n) is 2.37. The standard InChI is InChI=1S/C11H20N2O5/c1-7(2)13(6-8(14)18-5)10(17)12-11(3,4)9(15)16/h7H,6H2,1-5H3,(H,12,17)(H,15,16). The van der Waals surface area contributed by atoms with Crippen molar-refractivity contribution < 1.29 is 24.2 Å². The molecule has 0 atom stereocenters. The second-order valence-corrected chi connectivity index (χ2v) is 4.66. The number of aliphatic carboxylic acids is 1. The minimum Gasteiger partial charge on any atom is -0.480 e. The number of carboxylic acids is 1. The van der Waals surface area contributed by atoms with Gasteiger partial charge in [-0.2, -0.15) is 0 Å². The summed E-state index contributed by atoms with van der Waals surface area (Å²) in [5.74, 6) is -1.72. The average molecular weight is 260 g/mol. The number of hydrogen-bond donors (Lipinski definition) is 2. The zero-order valence-corrected chi connectivity index (χ0v) is 11.3. The lowest BCUT2D eigenvalue weighted by molar-refractivity contribution is -0.143. The van der Waals surface area contributed by atoms with Gasteiger partial charge in [-0.25, -0.2) is 9.59 Å². The van der Waals surface area contributed by atoms with Crippen molar-refractivity contribution in [3.05, 3.63) is 0 Å². The van der Waals surface area contributed by atoms with Crippen LogP contribution in [-0.4, -0.2) is 53.2 Å². The van der Waals surface area contributed by atoms with Gasteiger partial charge >= 0.3 is 18.0 Å². The van der Waals surface area contributed by atoms with E-state index >= 15 is 0 Å². The first-order chi connectivity index (χ1) is 8.11. The molecule has 7 heteroatoms. The Kier molecular flexibility index (Phi) is 5.61. The highest BCUT2D eigenvalue weighted by atomic mass is 16.5. The van der Waals surface area contributed by atoms with Crippen molar-refractivity contribution in [2.75, 3.05) is 13.7 Å². The molecular weight excluding hydrogens is 240 g/mol. The van der Waals surface area contributed by atoms with Gasteiger partial charge in [-0.3, -0.25) is 4.79 Å². The fourth-order valence-corrected chi connectivity index (χ4v) is 1.09. The van der Waals surface area contributed by atoms with Crippen LogP contribution in [0.2, 0.25) is 0 Å². The van der Waals surface area contributed by atoms with Crippen LogP contribution in [0.3, 0.4) is 0 Å². The number of carboxylic acid groups (broad SMARTS) is 1. The summed E-state index contributed by atoms with van der Waals surface area (Å²) in [7, 11) is 1.22. The number of carbonyl (C=O) groups is 3. The van der Waals surface area contributed by atoms with Gasteiger partial charge in [0.15, 0.2) is 0 Å². The van der Waals surface area contributed by atoms with Crippen LogP contribution >= 0.6 is 0 Å². The summed E-state index contributed by atoms with van der Waals surface area (Å²) in [6.07, 6.45) is 0. The van der Waals surface area contributed by atoms with E-state index in [-0.39, 0.29) is 12.6 Å². The fraction of sp³-hybridized carbons (Fsp3) is 0.727. The highest BCUT2D eigenvalue weighted by Crippen LogP contribution is 2.06. The van der Waals surface area contributed by atoms with E-state index in [1.54, 1.807) is 13.8 Å². The molecule has 0 aliphatic rings. The summed E-state index contributed by atoms with van der Waals surface area (Å²) in [5.41, 5.74) is -1.40. The number of carbonyl (C=O) groups excluding carboxylic acids is 2. The summed E-state index contributed by atoms with van der Waals surface area (Å²) < 4.78 is 4.48. The fourth-order valence-electron chi connectivity index (χ4n) is 1.09. The molecule has 0 rings (SSSR count). The number of nitrogens with zero attached hydrogens (tertiary/aromatic N) is 1. The topological polar surface area (TPSA) is 95.9 Å². The van der Waals surface area contributed by atoms with Crippen molar-refractivity contribution >= 4 is 18.0 Å². The van der Waals surface area contributed by atoms with Crippen LogP contribution in [0.5, 0.6) is 0 Å². The lowest BCUT2D eigenvalue weighted by Gasteiger charge is -2.30. The maximum atomic E-state index is 11.9. The summed E-state index contributed by atoms with van der Waals surface area (Å²) in [6, 6.07) is -0.878. The van der Waals surface area contributed by atoms with Gasteiger partial charge in [0.25, 0.3) is 0 Å². The van der Waals surface area contributed by atoms with Crippen molar-refractivity contribution in [2.24, 2.45) is 0 Å². The maximum Gasteiger partial charge on any atom is 0.328 e. The van der Waals surface area contributed by atoms with E-state index < -0.39 is 23.5 Å². The highest BCUT2D eigenvalue weighted by molar-refractivity contribution is 5.87. The van der Waals surface area contributed by atoms with Crippen LogP contribution < -0.4 is 5.32 Å². The van der Waals surface area contributed by atoms with E-state index in [9.17, 15) is 14.4 Å². The smallest absolute Gasteiger partial charge is 0.328 e. The van der Waals surface area contributed by atoms with E-state index in [4.69, 9.17) is 5.11 Å². The Balaban J connectivity index is 4.79. The molecule has 0 fully saturated rings. The molecule has 0 aromatic rings. The molecule has 0 aromatic carbocycles. The van der Waals surface area contributed by atoms with E-state index in [1.165, 1.54) is 25.9 Å². The quantitative estimate of drug-likeness (QED) is 0.699. The van der Waals surface area contributed by atoms with E-state index in [2.05, 4.69) is 10.1 Å². The Labute approximate surface area is 106 Å². The molecular formula is C11H20N2O5. The first-order valence-corrected chi connectivity index (χ1v) is 5.50. The molecule has 0 saturated heterocycles. The third-order valence-corrected chi connectivity index (χ3v) is 2.37. The molecule has 0 bridgehead atoms. The minimum absolute atomic E-state index is 0.226. The molecule has 0 saturated carbocycles. The van der Waals surface area contributed by atoms with Gasteiger partial charge < -0.3 is 20.1 Å². The average Bonchev–Trinajstić information content (AvgIpc) is 2.23. The predicted molar refractivity (Wildman–Crippen MR) is 64.1 cm³/mol. The van der Waals surface area contributed by atoms with Crippen molar-refractivity contribution in [1.82, 2.24) is 10.2 Å². The van der Waals surface area contributed by atoms with E-state index in [1.807, 2.05) is 0 Å². The Bertz CT molecular complexity index is 338. The number of esters is 1. The molecule has 0 unspecified atom stereocenters. The van der Waals surface area contributed by atoms with E-state index in [0.29, 0.717) is 0 Å². The summed E-state index contributed by atoms with van der Waals surface area (Å²) in [6.45, 7) is 5.94. The monoisotopic (exact) mass is 260 g/mol. The van der Waals surface area contributed by atoms with Gasteiger partial charge in [0, 0.05) is 6.04 Å². The molecule has 0 aliphatic carbocycles. The predicted octanol–water partition coefficient (Wildman–Crippen LogP) is 0.443. The number of urea groups is 1. The molecule has 0 spiro atoms. The molecule has 0 aromatic heterocycles. The van der Waals surface area contributed by atoms with Gasteiger partial charge in [-0.15, -0.1) is 0 Å². The number of nitrogens with one attached hydrogen (secondary N) is 1. The normalized spacial score (nSPS) is 11.0. The second-order valence-electron chi connectivity index (χ2n) is 4.66. The van der Waals surface area contributed by atoms with Gasteiger partial charge in [-0.1, -0.05) is 0 Å².